The number of carbonyl (C=O) groups is 1. The highest BCUT2D eigenvalue weighted by Crippen LogP contribution is 2.29. The normalized spacial score (nSPS) is 21.2. The molecule has 6 heteroatoms. The predicted octanol–water partition coefficient (Wildman–Crippen LogP) is 1.49. The molecule has 1 aliphatic heterocycles. The number of thiazole rings is 1. The van der Waals surface area contributed by atoms with Gasteiger partial charge in [-0.05, 0) is 12.8 Å². The van der Waals surface area contributed by atoms with Gasteiger partial charge in [0.25, 0.3) is 0 Å². The lowest BCUT2D eigenvalue weighted by molar-refractivity contribution is 0.111. The lowest BCUT2D eigenvalue weighted by Crippen LogP contribution is -2.47. The van der Waals surface area contributed by atoms with E-state index in [-0.39, 0.29) is 0 Å². The topological polar surface area (TPSA) is 40.9 Å². The summed E-state index contributed by atoms with van der Waals surface area (Å²) in [5.74, 6) is 0.859. The SMILES string of the molecule is O=Cc1c(N2CCN(C3CC3)CC2)nc2sccn12. The van der Waals surface area contributed by atoms with E-state index in [1.165, 1.54) is 12.8 Å². The fraction of sp³-hybridized carbons (Fsp3) is 0.538. The number of rotatable bonds is 3. The Morgan fingerprint density at radius 1 is 1.26 bits per heavy atom. The van der Waals surface area contributed by atoms with Gasteiger partial charge in [0.15, 0.2) is 17.1 Å². The Labute approximate surface area is 115 Å². The van der Waals surface area contributed by atoms with E-state index in [1.807, 2.05) is 16.0 Å². The van der Waals surface area contributed by atoms with Crippen LogP contribution in [0.5, 0.6) is 0 Å². The first-order valence-corrected chi connectivity index (χ1v) is 7.64. The third-order valence-corrected chi connectivity index (χ3v) is 4.82. The second-order valence-corrected chi connectivity index (χ2v) is 6.12. The first kappa shape index (κ1) is 11.4. The lowest BCUT2D eigenvalue weighted by Gasteiger charge is -2.35. The van der Waals surface area contributed by atoms with Crippen molar-refractivity contribution in [3.8, 4) is 0 Å². The van der Waals surface area contributed by atoms with Gasteiger partial charge in [0.2, 0.25) is 0 Å². The molecule has 1 saturated heterocycles. The first-order chi connectivity index (χ1) is 9.36. The highest BCUT2D eigenvalue weighted by atomic mass is 32.1. The summed E-state index contributed by atoms with van der Waals surface area (Å²) in [6.07, 6.45) is 5.57. The second-order valence-electron chi connectivity index (χ2n) is 5.25. The number of aldehydes is 1. The average Bonchev–Trinajstić information content (AvgIpc) is 3.09. The van der Waals surface area contributed by atoms with Crippen LogP contribution in [0.25, 0.3) is 4.96 Å². The summed E-state index contributed by atoms with van der Waals surface area (Å²) < 4.78 is 1.89. The van der Waals surface area contributed by atoms with Gasteiger partial charge in [0.05, 0.1) is 0 Å². The summed E-state index contributed by atoms with van der Waals surface area (Å²) >= 11 is 1.57. The van der Waals surface area contributed by atoms with Crippen LogP contribution in [-0.2, 0) is 0 Å². The van der Waals surface area contributed by atoms with Gasteiger partial charge in [-0.2, -0.15) is 0 Å². The number of piperazine rings is 1. The Morgan fingerprint density at radius 2 is 2.05 bits per heavy atom. The molecule has 4 rings (SSSR count). The van der Waals surface area contributed by atoms with Crippen molar-refractivity contribution in [1.82, 2.24) is 14.3 Å². The lowest BCUT2D eigenvalue weighted by atomic mass is 10.3. The van der Waals surface area contributed by atoms with Gasteiger partial charge < -0.3 is 4.90 Å². The number of hydrogen-bond donors (Lipinski definition) is 0. The second kappa shape index (κ2) is 4.31. The Kier molecular flexibility index (Phi) is 2.60. The van der Waals surface area contributed by atoms with E-state index < -0.39 is 0 Å². The van der Waals surface area contributed by atoms with E-state index in [9.17, 15) is 4.79 Å². The largest absolute Gasteiger partial charge is 0.352 e. The standard InChI is InChI=1S/C13H16N4OS/c18-9-11-12(14-13-17(11)7-8-19-13)16-5-3-15(4-6-16)10-1-2-10/h7-10H,1-6H2. The van der Waals surface area contributed by atoms with Crippen molar-refractivity contribution < 1.29 is 4.79 Å². The van der Waals surface area contributed by atoms with Crippen molar-refractivity contribution in [3.05, 3.63) is 17.3 Å². The maximum absolute atomic E-state index is 11.3. The Morgan fingerprint density at radius 3 is 2.74 bits per heavy atom. The summed E-state index contributed by atoms with van der Waals surface area (Å²) in [7, 11) is 0. The Hall–Kier alpha value is -1.40. The number of fused-ring (bicyclic) bond motifs is 1. The van der Waals surface area contributed by atoms with Gasteiger partial charge in [0, 0.05) is 43.8 Å². The fourth-order valence-electron chi connectivity index (χ4n) is 2.87. The van der Waals surface area contributed by atoms with Crippen molar-refractivity contribution >= 4 is 28.4 Å². The number of anilines is 1. The summed E-state index contributed by atoms with van der Waals surface area (Å²) in [4.78, 5) is 21.7. The molecule has 0 radical (unpaired) electrons. The molecule has 5 nitrogen and oxygen atoms in total. The quantitative estimate of drug-likeness (QED) is 0.797. The molecular weight excluding hydrogens is 260 g/mol. The zero-order valence-electron chi connectivity index (χ0n) is 10.7. The minimum absolute atomic E-state index is 0.691. The predicted molar refractivity (Wildman–Crippen MR) is 75.3 cm³/mol. The molecule has 1 aliphatic carbocycles. The molecule has 2 aromatic rings. The molecule has 19 heavy (non-hydrogen) atoms. The van der Waals surface area contributed by atoms with Crippen LogP contribution < -0.4 is 4.90 Å². The van der Waals surface area contributed by atoms with Crippen LogP contribution in [0.15, 0.2) is 11.6 Å². The average molecular weight is 276 g/mol. The maximum Gasteiger partial charge on any atom is 0.196 e. The van der Waals surface area contributed by atoms with E-state index in [2.05, 4.69) is 14.8 Å². The van der Waals surface area contributed by atoms with Gasteiger partial charge in [-0.1, -0.05) is 0 Å². The molecular formula is C13H16N4OS. The molecule has 1 saturated carbocycles. The van der Waals surface area contributed by atoms with Crippen LogP contribution in [0, 0.1) is 0 Å². The first-order valence-electron chi connectivity index (χ1n) is 6.76. The fourth-order valence-corrected chi connectivity index (χ4v) is 3.59. The monoisotopic (exact) mass is 276 g/mol. The maximum atomic E-state index is 11.3. The Balaban J connectivity index is 1.60. The highest BCUT2D eigenvalue weighted by molar-refractivity contribution is 7.15. The van der Waals surface area contributed by atoms with Gasteiger partial charge in [-0.15, -0.1) is 11.3 Å². The van der Waals surface area contributed by atoms with E-state index in [1.54, 1.807) is 11.3 Å². The van der Waals surface area contributed by atoms with Crippen LogP contribution >= 0.6 is 11.3 Å². The smallest absolute Gasteiger partial charge is 0.196 e. The molecule has 2 fully saturated rings. The van der Waals surface area contributed by atoms with Gasteiger partial charge in [0.1, 0.15) is 5.69 Å². The van der Waals surface area contributed by atoms with Gasteiger partial charge in [-0.3, -0.25) is 14.1 Å². The number of carbonyl (C=O) groups excluding carboxylic acids is 1. The summed E-state index contributed by atoms with van der Waals surface area (Å²) in [6.45, 7) is 4.13. The minimum atomic E-state index is 0.691. The van der Waals surface area contributed by atoms with E-state index in [0.717, 1.165) is 49.3 Å². The van der Waals surface area contributed by atoms with Crippen molar-refractivity contribution in [2.24, 2.45) is 0 Å². The van der Waals surface area contributed by atoms with Crippen molar-refractivity contribution in [3.63, 3.8) is 0 Å². The van der Waals surface area contributed by atoms with Crippen molar-refractivity contribution in [2.75, 3.05) is 31.1 Å². The van der Waals surface area contributed by atoms with Crippen molar-refractivity contribution in [2.45, 2.75) is 18.9 Å². The Bertz CT molecular complexity index is 607. The number of hydrogen-bond acceptors (Lipinski definition) is 5. The highest BCUT2D eigenvalue weighted by Gasteiger charge is 2.32. The molecule has 0 bridgehead atoms. The zero-order chi connectivity index (χ0) is 12.8. The molecule has 0 N–H and O–H groups in total. The zero-order valence-corrected chi connectivity index (χ0v) is 11.5. The minimum Gasteiger partial charge on any atom is -0.352 e. The summed E-state index contributed by atoms with van der Waals surface area (Å²) in [5, 5.41) is 1.96. The van der Waals surface area contributed by atoms with Crippen LogP contribution in [0.4, 0.5) is 5.82 Å². The molecule has 0 spiro atoms. The van der Waals surface area contributed by atoms with Crippen LogP contribution in [0.3, 0.4) is 0 Å². The molecule has 3 heterocycles. The van der Waals surface area contributed by atoms with E-state index in [0.29, 0.717) is 5.69 Å². The summed E-state index contributed by atoms with van der Waals surface area (Å²) in [6, 6.07) is 0.832. The molecule has 2 aromatic heterocycles. The van der Waals surface area contributed by atoms with Gasteiger partial charge >= 0.3 is 0 Å². The molecule has 0 atom stereocenters. The van der Waals surface area contributed by atoms with Crippen LogP contribution in [-0.4, -0.2) is 52.8 Å². The molecule has 0 amide bonds. The molecule has 0 aromatic carbocycles. The molecule has 2 aliphatic rings. The molecule has 100 valence electrons. The van der Waals surface area contributed by atoms with Crippen molar-refractivity contribution in [1.29, 1.82) is 0 Å². The van der Waals surface area contributed by atoms with E-state index in [4.69, 9.17) is 0 Å². The third-order valence-electron chi connectivity index (χ3n) is 4.07. The summed E-state index contributed by atoms with van der Waals surface area (Å²) in [5.41, 5.74) is 0.691. The van der Waals surface area contributed by atoms with Gasteiger partial charge in [-0.25, -0.2) is 4.98 Å². The third kappa shape index (κ3) is 1.86. The number of nitrogens with zero attached hydrogens (tertiary/aromatic N) is 4. The van der Waals surface area contributed by atoms with Crippen LogP contribution in [0.1, 0.15) is 23.3 Å². The number of imidazole rings is 1. The molecule has 0 unspecified atom stereocenters. The number of aromatic nitrogens is 2. The van der Waals surface area contributed by atoms with Crippen LogP contribution in [0.2, 0.25) is 0 Å². The van der Waals surface area contributed by atoms with E-state index >= 15 is 0 Å².